The van der Waals surface area contributed by atoms with Crippen LogP contribution in [0.25, 0.3) is 0 Å². The molecule has 0 spiro atoms. The van der Waals surface area contributed by atoms with Crippen molar-refractivity contribution in [2.75, 3.05) is 7.11 Å². The maximum Gasteiger partial charge on any atom is 0.337 e. The molecular formula is C21H24N2O5. The number of aromatic nitrogens is 1. The van der Waals surface area contributed by atoms with E-state index >= 15 is 0 Å². The summed E-state index contributed by atoms with van der Waals surface area (Å²) in [6, 6.07) is 8.38. The first-order chi connectivity index (χ1) is 13.5. The Morgan fingerprint density at radius 1 is 1.21 bits per heavy atom. The van der Waals surface area contributed by atoms with E-state index < -0.39 is 5.97 Å². The first-order valence-corrected chi connectivity index (χ1v) is 9.31. The Labute approximate surface area is 163 Å². The van der Waals surface area contributed by atoms with Crippen molar-refractivity contribution >= 4 is 11.9 Å². The molecule has 7 nitrogen and oxygen atoms in total. The second-order valence-electron chi connectivity index (χ2n) is 6.79. The highest BCUT2D eigenvalue weighted by molar-refractivity contribution is 5.94. The average molecular weight is 384 g/mol. The predicted molar refractivity (Wildman–Crippen MR) is 103 cm³/mol. The molecule has 1 aliphatic rings. The smallest absolute Gasteiger partial charge is 0.337 e. The van der Waals surface area contributed by atoms with Crippen LogP contribution in [0.2, 0.25) is 0 Å². The maximum atomic E-state index is 12.5. The molecule has 1 heterocycles. The number of hydrogen-bond donors (Lipinski definition) is 2. The predicted octanol–water partition coefficient (Wildman–Crippen LogP) is 3.35. The van der Waals surface area contributed by atoms with Crippen LogP contribution in [0.1, 0.15) is 57.8 Å². The minimum Gasteiger partial charge on any atom is -0.493 e. The van der Waals surface area contributed by atoms with E-state index in [4.69, 9.17) is 14.6 Å². The second-order valence-corrected chi connectivity index (χ2v) is 6.79. The lowest BCUT2D eigenvalue weighted by molar-refractivity contribution is 0.0694. The number of nitrogens with zero attached hydrogens (tertiary/aromatic N) is 1. The van der Waals surface area contributed by atoms with Gasteiger partial charge in [-0.1, -0.05) is 12.1 Å². The first kappa shape index (κ1) is 19.7. The monoisotopic (exact) mass is 384 g/mol. The van der Waals surface area contributed by atoms with E-state index in [0.717, 1.165) is 31.2 Å². The van der Waals surface area contributed by atoms with Crippen LogP contribution in [0.15, 0.2) is 30.3 Å². The molecule has 0 atom stereocenters. The number of methoxy groups -OCH3 is 1. The molecule has 1 amide bonds. The van der Waals surface area contributed by atoms with Gasteiger partial charge in [-0.05, 0) is 50.8 Å². The summed E-state index contributed by atoms with van der Waals surface area (Å²) in [5, 5.41) is 11.9. The number of carbonyl (C=O) groups excluding carboxylic acids is 1. The van der Waals surface area contributed by atoms with E-state index in [9.17, 15) is 9.59 Å². The van der Waals surface area contributed by atoms with Gasteiger partial charge < -0.3 is 19.9 Å². The van der Waals surface area contributed by atoms with Crippen molar-refractivity contribution in [3.8, 4) is 11.5 Å². The summed E-state index contributed by atoms with van der Waals surface area (Å²) < 4.78 is 11.6. The largest absolute Gasteiger partial charge is 0.493 e. The molecule has 0 saturated heterocycles. The van der Waals surface area contributed by atoms with Crippen LogP contribution in [0.3, 0.4) is 0 Å². The van der Waals surface area contributed by atoms with Crippen LogP contribution in [0.4, 0.5) is 0 Å². The van der Waals surface area contributed by atoms with Gasteiger partial charge in [0.25, 0.3) is 5.91 Å². The number of carboxylic acids is 1. The van der Waals surface area contributed by atoms with Gasteiger partial charge in [0.05, 0.1) is 24.5 Å². The summed E-state index contributed by atoms with van der Waals surface area (Å²) in [5.74, 6) is -0.155. The summed E-state index contributed by atoms with van der Waals surface area (Å²) in [6.07, 6.45) is 4.51. The maximum absolute atomic E-state index is 12.5. The Morgan fingerprint density at radius 3 is 2.61 bits per heavy atom. The molecule has 2 N–H and O–H groups in total. The SMILES string of the molecule is COc1cccc(CNC(=O)c2ccc(C(=O)O)c(C)n2)c1OC1CCCC1. The Morgan fingerprint density at radius 2 is 1.96 bits per heavy atom. The molecule has 0 radical (unpaired) electrons. The molecule has 2 aromatic rings. The molecule has 0 aliphatic heterocycles. The number of nitrogens with one attached hydrogen (secondary N) is 1. The Balaban J connectivity index is 1.74. The van der Waals surface area contributed by atoms with E-state index in [1.807, 2.05) is 18.2 Å². The van der Waals surface area contributed by atoms with Crippen molar-refractivity contribution in [3.05, 3.63) is 52.8 Å². The number of ether oxygens (including phenoxy) is 2. The molecule has 1 saturated carbocycles. The molecule has 1 aliphatic carbocycles. The van der Waals surface area contributed by atoms with Crippen molar-refractivity contribution in [1.82, 2.24) is 10.3 Å². The zero-order valence-corrected chi connectivity index (χ0v) is 16.0. The lowest BCUT2D eigenvalue weighted by Gasteiger charge is -2.19. The number of para-hydroxylation sites is 1. The number of hydrogen-bond acceptors (Lipinski definition) is 5. The molecule has 3 rings (SSSR count). The van der Waals surface area contributed by atoms with Gasteiger partial charge in [-0.2, -0.15) is 0 Å². The molecular weight excluding hydrogens is 360 g/mol. The van der Waals surface area contributed by atoms with Gasteiger partial charge in [-0.15, -0.1) is 0 Å². The average Bonchev–Trinajstić information content (AvgIpc) is 3.19. The van der Waals surface area contributed by atoms with Crippen LogP contribution < -0.4 is 14.8 Å². The van der Waals surface area contributed by atoms with Gasteiger partial charge in [-0.3, -0.25) is 4.79 Å². The van der Waals surface area contributed by atoms with Crippen LogP contribution in [-0.4, -0.2) is 35.2 Å². The fourth-order valence-corrected chi connectivity index (χ4v) is 3.35. The third-order valence-electron chi connectivity index (χ3n) is 4.86. The van der Waals surface area contributed by atoms with Crippen LogP contribution in [0.5, 0.6) is 11.5 Å². The number of aromatic carboxylic acids is 1. The molecule has 28 heavy (non-hydrogen) atoms. The molecule has 0 unspecified atom stereocenters. The summed E-state index contributed by atoms with van der Waals surface area (Å²) >= 11 is 0. The van der Waals surface area contributed by atoms with Gasteiger partial charge in [-0.25, -0.2) is 9.78 Å². The summed E-state index contributed by atoms with van der Waals surface area (Å²) in [7, 11) is 1.59. The second kappa shape index (κ2) is 8.73. The fourth-order valence-electron chi connectivity index (χ4n) is 3.35. The molecule has 1 aromatic heterocycles. The van der Waals surface area contributed by atoms with E-state index in [2.05, 4.69) is 10.3 Å². The molecule has 0 bridgehead atoms. The first-order valence-electron chi connectivity index (χ1n) is 9.31. The van der Waals surface area contributed by atoms with Crippen molar-refractivity contribution in [2.45, 2.75) is 45.3 Å². The van der Waals surface area contributed by atoms with Gasteiger partial charge in [0.1, 0.15) is 5.69 Å². The third kappa shape index (κ3) is 4.42. The normalized spacial score (nSPS) is 13.9. The van der Waals surface area contributed by atoms with Crippen molar-refractivity contribution in [1.29, 1.82) is 0 Å². The van der Waals surface area contributed by atoms with Crippen LogP contribution >= 0.6 is 0 Å². The number of amides is 1. The zero-order valence-electron chi connectivity index (χ0n) is 16.0. The molecule has 1 fully saturated rings. The Hall–Kier alpha value is -3.09. The van der Waals surface area contributed by atoms with Crippen LogP contribution in [0, 0.1) is 6.92 Å². The van der Waals surface area contributed by atoms with Gasteiger partial charge in [0.15, 0.2) is 11.5 Å². The van der Waals surface area contributed by atoms with Crippen LogP contribution in [-0.2, 0) is 6.54 Å². The lowest BCUT2D eigenvalue weighted by Crippen LogP contribution is -2.25. The van der Waals surface area contributed by atoms with E-state index in [-0.39, 0.29) is 29.8 Å². The summed E-state index contributed by atoms with van der Waals surface area (Å²) in [5.41, 5.74) is 1.37. The summed E-state index contributed by atoms with van der Waals surface area (Å²) in [4.78, 5) is 27.7. The minimum atomic E-state index is -1.07. The minimum absolute atomic E-state index is 0.0802. The number of aryl methyl sites for hydroxylation is 1. The lowest BCUT2D eigenvalue weighted by atomic mass is 10.1. The highest BCUT2D eigenvalue weighted by Gasteiger charge is 2.21. The Bertz CT molecular complexity index is 875. The van der Waals surface area contributed by atoms with E-state index in [1.54, 1.807) is 14.0 Å². The van der Waals surface area contributed by atoms with Gasteiger partial charge >= 0.3 is 5.97 Å². The quantitative estimate of drug-likeness (QED) is 0.760. The highest BCUT2D eigenvalue weighted by atomic mass is 16.5. The number of carboxylic acid groups (broad SMARTS) is 1. The van der Waals surface area contributed by atoms with Crippen molar-refractivity contribution in [3.63, 3.8) is 0 Å². The third-order valence-corrected chi connectivity index (χ3v) is 4.86. The number of pyridine rings is 1. The fraction of sp³-hybridized carbons (Fsp3) is 0.381. The zero-order chi connectivity index (χ0) is 20.1. The van der Waals surface area contributed by atoms with E-state index in [0.29, 0.717) is 17.2 Å². The Kier molecular flexibility index (Phi) is 6.13. The van der Waals surface area contributed by atoms with E-state index in [1.165, 1.54) is 12.1 Å². The number of benzene rings is 1. The topological polar surface area (TPSA) is 97.8 Å². The van der Waals surface area contributed by atoms with Gasteiger partial charge in [0.2, 0.25) is 0 Å². The summed E-state index contributed by atoms with van der Waals surface area (Å²) in [6.45, 7) is 1.81. The number of carbonyl (C=O) groups is 2. The number of rotatable bonds is 7. The highest BCUT2D eigenvalue weighted by Crippen LogP contribution is 2.34. The van der Waals surface area contributed by atoms with Crippen molar-refractivity contribution < 1.29 is 24.2 Å². The van der Waals surface area contributed by atoms with Gasteiger partial charge in [0, 0.05) is 12.1 Å². The molecule has 7 heteroatoms. The molecule has 148 valence electrons. The van der Waals surface area contributed by atoms with Crippen molar-refractivity contribution in [2.24, 2.45) is 0 Å². The molecule has 1 aromatic carbocycles. The standard InChI is InChI=1S/C21H24N2O5/c1-13-16(21(25)26)10-11-17(23-13)20(24)22-12-14-6-5-9-18(27-2)19(14)28-15-7-3-4-8-15/h5-6,9-11,15H,3-4,7-8,12H2,1-2H3,(H,22,24)(H,25,26).